The second-order valence-electron chi connectivity index (χ2n) is 7.46. The van der Waals surface area contributed by atoms with E-state index in [1.165, 1.54) is 32.4 Å². The van der Waals surface area contributed by atoms with Crippen molar-refractivity contribution in [3.63, 3.8) is 0 Å². The molecule has 3 aromatic rings. The summed E-state index contributed by atoms with van der Waals surface area (Å²) in [5.41, 5.74) is 1.59. The van der Waals surface area contributed by atoms with Crippen LogP contribution < -0.4 is 23.8 Å². The van der Waals surface area contributed by atoms with E-state index in [1.54, 1.807) is 49.4 Å². The van der Waals surface area contributed by atoms with Gasteiger partial charge in [-0.1, -0.05) is 11.6 Å². The topological polar surface area (TPSA) is 94.2 Å². The highest BCUT2D eigenvalue weighted by Gasteiger charge is 2.28. The lowest BCUT2D eigenvalue weighted by molar-refractivity contribution is -0.114. The van der Waals surface area contributed by atoms with Gasteiger partial charge in [-0.25, -0.2) is 8.42 Å². The predicted octanol–water partition coefficient (Wildman–Crippen LogP) is 4.90. The number of nitrogens with one attached hydrogen (secondary N) is 1. The highest BCUT2D eigenvalue weighted by atomic mass is 35.5. The quantitative estimate of drug-likeness (QED) is 0.410. The molecule has 3 aromatic carbocycles. The summed E-state index contributed by atoms with van der Waals surface area (Å²) in [6.07, 6.45) is 0. The van der Waals surface area contributed by atoms with Crippen LogP contribution in [0.1, 0.15) is 12.5 Å². The predicted molar refractivity (Wildman–Crippen MR) is 137 cm³/mol. The van der Waals surface area contributed by atoms with Crippen LogP contribution in [0, 0.1) is 6.92 Å². The lowest BCUT2D eigenvalue weighted by atomic mass is 10.2. The number of hydrogen-bond donors (Lipinski definition) is 1. The van der Waals surface area contributed by atoms with Gasteiger partial charge in [0.15, 0.2) is 11.5 Å². The van der Waals surface area contributed by atoms with Crippen molar-refractivity contribution in [2.45, 2.75) is 18.7 Å². The van der Waals surface area contributed by atoms with Crippen LogP contribution in [0.2, 0.25) is 5.02 Å². The first kappa shape index (κ1) is 26.2. The molecule has 10 heteroatoms. The zero-order valence-corrected chi connectivity index (χ0v) is 21.4. The van der Waals surface area contributed by atoms with Crippen LogP contribution in [0.4, 0.5) is 11.4 Å². The number of sulfonamides is 1. The van der Waals surface area contributed by atoms with E-state index < -0.39 is 22.5 Å². The Bertz CT molecular complexity index is 1300. The summed E-state index contributed by atoms with van der Waals surface area (Å²) < 4.78 is 44.4. The fraction of sp³-hybridized carbons (Fsp3) is 0.240. The van der Waals surface area contributed by atoms with Crippen molar-refractivity contribution >= 4 is 38.9 Å². The zero-order valence-electron chi connectivity index (χ0n) is 19.9. The van der Waals surface area contributed by atoms with E-state index in [-0.39, 0.29) is 10.6 Å². The second-order valence-corrected chi connectivity index (χ2v) is 9.76. The monoisotopic (exact) mass is 518 g/mol. The third-order valence-electron chi connectivity index (χ3n) is 5.13. The van der Waals surface area contributed by atoms with Crippen LogP contribution in [-0.4, -0.2) is 41.7 Å². The van der Waals surface area contributed by atoms with Gasteiger partial charge in [-0.3, -0.25) is 9.10 Å². The summed E-state index contributed by atoms with van der Waals surface area (Å²) in [4.78, 5) is 12.9. The molecule has 186 valence electrons. The Hall–Kier alpha value is -3.43. The van der Waals surface area contributed by atoms with Crippen molar-refractivity contribution < 1.29 is 27.4 Å². The van der Waals surface area contributed by atoms with E-state index in [9.17, 15) is 13.2 Å². The molecule has 0 aliphatic rings. The fourth-order valence-electron chi connectivity index (χ4n) is 3.38. The normalized spacial score (nSPS) is 11.0. The van der Waals surface area contributed by atoms with Gasteiger partial charge in [0.05, 0.1) is 31.4 Å². The summed E-state index contributed by atoms with van der Waals surface area (Å²) in [5.74, 6) is 0.700. The number of anilines is 2. The van der Waals surface area contributed by atoms with Crippen LogP contribution in [0.15, 0.2) is 65.6 Å². The van der Waals surface area contributed by atoms with Crippen molar-refractivity contribution in [2.24, 2.45) is 0 Å². The Morgan fingerprint density at radius 1 is 0.971 bits per heavy atom. The second kappa shape index (κ2) is 11.3. The molecule has 0 heterocycles. The van der Waals surface area contributed by atoms with E-state index in [0.717, 1.165) is 9.87 Å². The van der Waals surface area contributed by atoms with Gasteiger partial charge in [0, 0.05) is 16.8 Å². The minimum Gasteiger partial charge on any atom is -0.494 e. The van der Waals surface area contributed by atoms with Crippen LogP contribution in [0.25, 0.3) is 0 Å². The number of hydrogen-bond acceptors (Lipinski definition) is 6. The highest BCUT2D eigenvalue weighted by Crippen LogP contribution is 2.32. The molecule has 1 amide bonds. The van der Waals surface area contributed by atoms with Gasteiger partial charge >= 0.3 is 0 Å². The van der Waals surface area contributed by atoms with Crippen molar-refractivity contribution in [3.8, 4) is 17.2 Å². The van der Waals surface area contributed by atoms with Gasteiger partial charge in [-0.15, -0.1) is 0 Å². The van der Waals surface area contributed by atoms with Crippen molar-refractivity contribution in [2.75, 3.05) is 37.0 Å². The average molecular weight is 519 g/mol. The van der Waals surface area contributed by atoms with Crippen molar-refractivity contribution in [3.05, 3.63) is 71.2 Å². The van der Waals surface area contributed by atoms with Gasteiger partial charge in [0.2, 0.25) is 5.91 Å². The maximum absolute atomic E-state index is 13.7. The molecule has 3 rings (SSSR count). The number of methoxy groups -OCH3 is 2. The van der Waals surface area contributed by atoms with E-state index >= 15 is 0 Å². The largest absolute Gasteiger partial charge is 0.494 e. The van der Waals surface area contributed by atoms with Gasteiger partial charge in [0.1, 0.15) is 12.3 Å². The smallest absolute Gasteiger partial charge is 0.264 e. The number of halogens is 1. The summed E-state index contributed by atoms with van der Waals surface area (Å²) in [7, 11) is -1.29. The molecule has 0 saturated heterocycles. The van der Waals surface area contributed by atoms with Gasteiger partial charge in [0.25, 0.3) is 10.0 Å². The molecule has 0 saturated carbocycles. The zero-order chi connectivity index (χ0) is 25.6. The molecule has 0 aliphatic carbocycles. The molecule has 0 aromatic heterocycles. The number of benzene rings is 3. The molecular weight excluding hydrogens is 492 g/mol. The summed E-state index contributed by atoms with van der Waals surface area (Å²) in [5, 5.41) is 3.30. The lowest BCUT2D eigenvalue weighted by Gasteiger charge is -2.25. The SMILES string of the molecule is CCOc1ccc(N(CC(=O)Nc2ccc(Cl)cc2C)S(=O)(=O)c2ccc(OC)c(OC)c2)cc1. The standard InChI is InChI=1S/C25H27ClN2O6S/c1-5-34-20-9-7-19(8-10-20)28(16-25(29)27-22-12-6-18(26)14-17(22)2)35(30,31)21-11-13-23(32-3)24(15-21)33-4/h6-15H,5,16H2,1-4H3,(H,27,29). The molecule has 0 radical (unpaired) electrons. The molecule has 35 heavy (non-hydrogen) atoms. The lowest BCUT2D eigenvalue weighted by Crippen LogP contribution is -2.38. The number of rotatable bonds is 10. The Morgan fingerprint density at radius 3 is 2.26 bits per heavy atom. The number of amides is 1. The van der Waals surface area contributed by atoms with Crippen molar-refractivity contribution in [1.82, 2.24) is 0 Å². The number of carbonyl (C=O) groups is 1. The number of nitrogens with zero attached hydrogens (tertiary/aromatic N) is 1. The third-order valence-corrected chi connectivity index (χ3v) is 7.13. The molecule has 0 atom stereocenters. The molecular formula is C25H27ClN2O6S. The molecule has 8 nitrogen and oxygen atoms in total. The Balaban J connectivity index is 1.99. The van der Waals surface area contributed by atoms with Crippen molar-refractivity contribution in [1.29, 1.82) is 0 Å². The summed E-state index contributed by atoms with van der Waals surface area (Å²) in [6.45, 7) is 3.65. The molecule has 0 bridgehead atoms. The third kappa shape index (κ3) is 6.17. The number of carbonyl (C=O) groups excluding carboxylic acids is 1. The summed E-state index contributed by atoms with van der Waals surface area (Å²) in [6, 6.07) is 15.8. The maximum atomic E-state index is 13.7. The Morgan fingerprint density at radius 2 is 1.66 bits per heavy atom. The van der Waals surface area contributed by atoms with E-state index in [2.05, 4.69) is 5.32 Å². The van der Waals surface area contributed by atoms with Gasteiger partial charge in [-0.05, 0) is 74.0 Å². The van der Waals surface area contributed by atoms with E-state index in [0.29, 0.717) is 34.5 Å². The fourth-order valence-corrected chi connectivity index (χ4v) is 5.05. The minimum absolute atomic E-state index is 0.0560. The Labute approximate surface area is 210 Å². The average Bonchev–Trinajstić information content (AvgIpc) is 2.84. The molecule has 0 aliphatic heterocycles. The highest BCUT2D eigenvalue weighted by molar-refractivity contribution is 7.92. The maximum Gasteiger partial charge on any atom is 0.264 e. The first-order valence-electron chi connectivity index (χ1n) is 10.7. The van der Waals surface area contributed by atoms with Gasteiger partial charge in [-0.2, -0.15) is 0 Å². The molecule has 0 spiro atoms. The first-order chi connectivity index (χ1) is 16.7. The van der Waals surface area contributed by atoms with Crippen LogP contribution >= 0.6 is 11.6 Å². The molecule has 1 N–H and O–H groups in total. The minimum atomic E-state index is -4.17. The molecule has 0 fully saturated rings. The van der Waals surface area contributed by atoms with Gasteiger partial charge < -0.3 is 19.5 Å². The van der Waals surface area contributed by atoms with Crippen LogP contribution in [-0.2, 0) is 14.8 Å². The van der Waals surface area contributed by atoms with E-state index in [4.69, 9.17) is 25.8 Å². The number of aryl methyl sites for hydroxylation is 1. The van der Waals surface area contributed by atoms with Crippen LogP contribution in [0.5, 0.6) is 17.2 Å². The van der Waals surface area contributed by atoms with Crippen LogP contribution in [0.3, 0.4) is 0 Å². The molecule has 0 unspecified atom stereocenters. The van der Waals surface area contributed by atoms with E-state index in [1.807, 2.05) is 6.92 Å². The Kier molecular flexibility index (Phi) is 8.48. The number of ether oxygens (including phenoxy) is 3. The summed E-state index contributed by atoms with van der Waals surface area (Å²) >= 11 is 6.00. The first-order valence-corrected chi connectivity index (χ1v) is 12.5.